The molecule has 8 nitrogen and oxygen atoms in total. The number of hydrogen-bond donors (Lipinski definition) is 1. The van der Waals surface area contributed by atoms with Crippen molar-refractivity contribution in [2.45, 2.75) is 38.7 Å². The lowest BCUT2D eigenvalue weighted by Gasteiger charge is -2.12. The first-order valence-corrected chi connectivity index (χ1v) is 6.87. The highest BCUT2D eigenvalue weighted by atomic mass is 16.5. The molecule has 20 heavy (non-hydrogen) atoms. The van der Waals surface area contributed by atoms with Crippen LogP contribution in [0.3, 0.4) is 0 Å². The van der Waals surface area contributed by atoms with Crippen LogP contribution < -0.4 is 10.1 Å². The van der Waals surface area contributed by atoms with Crippen LogP contribution in [-0.2, 0) is 0 Å². The largest absolute Gasteiger partial charge is 0.460 e. The summed E-state index contributed by atoms with van der Waals surface area (Å²) in [6.07, 6.45) is 7.70. The summed E-state index contributed by atoms with van der Waals surface area (Å²) in [4.78, 5) is 16.8. The zero-order valence-electron chi connectivity index (χ0n) is 11.4. The normalized spacial score (nSPS) is 15.4. The van der Waals surface area contributed by atoms with Crippen LogP contribution >= 0.6 is 0 Å². The Morgan fingerprint density at radius 3 is 2.85 bits per heavy atom. The van der Waals surface area contributed by atoms with E-state index in [0.29, 0.717) is 17.9 Å². The maximum atomic E-state index is 5.84. The summed E-state index contributed by atoms with van der Waals surface area (Å²) in [7, 11) is 0. The molecule has 1 saturated carbocycles. The minimum absolute atomic E-state index is 0.204. The van der Waals surface area contributed by atoms with Crippen LogP contribution in [0.25, 0.3) is 5.95 Å². The Hall–Kier alpha value is -2.25. The van der Waals surface area contributed by atoms with Gasteiger partial charge in [-0.05, 0) is 32.6 Å². The molecule has 0 spiro atoms. The highest BCUT2D eigenvalue weighted by Gasteiger charge is 2.19. The Morgan fingerprint density at radius 2 is 2.15 bits per heavy atom. The van der Waals surface area contributed by atoms with E-state index >= 15 is 0 Å². The summed E-state index contributed by atoms with van der Waals surface area (Å²) in [5.41, 5.74) is 0. The fraction of sp³-hybridized carbons (Fsp3) is 0.583. The monoisotopic (exact) mass is 275 g/mol. The van der Waals surface area contributed by atoms with E-state index in [4.69, 9.17) is 4.74 Å². The van der Waals surface area contributed by atoms with Crippen molar-refractivity contribution in [2.24, 2.45) is 0 Å². The maximum Gasteiger partial charge on any atom is 0.323 e. The Bertz CT molecular complexity index is 551. The highest BCUT2D eigenvalue weighted by molar-refractivity contribution is 5.29. The molecule has 0 aliphatic heterocycles. The third-order valence-electron chi connectivity index (χ3n) is 3.14. The van der Waals surface area contributed by atoms with Gasteiger partial charge in [-0.3, -0.25) is 0 Å². The first kappa shape index (κ1) is 12.8. The number of nitrogens with one attached hydrogen (secondary N) is 1. The van der Waals surface area contributed by atoms with Gasteiger partial charge in [0, 0.05) is 6.54 Å². The van der Waals surface area contributed by atoms with E-state index in [9.17, 15) is 0 Å². The molecule has 0 unspecified atom stereocenters. The maximum absolute atomic E-state index is 5.84. The third-order valence-corrected chi connectivity index (χ3v) is 3.14. The van der Waals surface area contributed by atoms with E-state index in [1.165, 1.54) is 23.9 Å². The fourth-order valence-electron chi connectivity index (χ4n) is 2.20. The lowest BCUT2D eigenvalue weighted by molar-refractivity contribution is 0.191. The average molecular weight is 275 g/mol. The molecule has 2 aromatic rings. The highest BCUT2D eigenvalue weighted by Crippen LogP contribution is 2.22. The van der Waals surface area contributed by atoms with Crippen molar-refractivity contribution in [1.29, 1.82) is 0 Å². The summed E-state index contributed by atoms with van der Waals surface area (Å²) < 4.78 is 7.33. The lowest BCUT2D eigenvalue weighted by atomic mass is 10.3. The summed E-state index contributed by atoms with van der Waals surface area (Å²) in [6.45, 7) is 2.71. The Kier molecular flexibility index (Phi) is 3.71. The molecule has 2 aromatic heterocycles. The number of nitrogens with zero attached hydrogens (tertiary/aromatic N) is 6. The zero-order chi connectivity index (χ0) is 13.8. The molecule has 0 bridgehead atoms. The summed E-state index contributed by atoms with van der Waals surface area (Å²) in [5, 5.41) is 7.10. The molecule has 0 atom stereocenters. The molecule has 3 rings (SSSR count). The Balaban J connectivity index is 1.87. The van der Waals surface area contributed by atoms with Crippen LogP contribution in [0.4, 0.5) is 5.95 Å². The number of anilines is 1. The molecule has 8 heteroatoms. The quantitative estimate of drug-likeness (QED) is 0.876. The number of aromatic nitrogens is 6. The molecule has 0 amide bonds. The first-order chi connectivity index (χ1) is 9.85. The predicted molar refractivity (Wildman–Crippen MR) is 71.8 cm³/mol. The van der Waals surface area contributed by atoms with Gasteiger partial charge in [-0.25, -0.2) is 4.98 Å². The van der Waals surface area contributed by atoms with Gasteiger partial charge in [-0.1, -0.05) is 0 Å². The van der Waals surface area contributed by atoms with Gasteiger partial charge in [0.05, 0.1) is 0 Å². The molecule has 1 aliphatic carbocycles. The number of ether oxygens (including phenoxy) is 1. The Morgan fingerprint density at radius 1 is 1.30 bits per heavy atom. The molecule has 106 valence electrons. The van der Waals surface area contributed by atoms with Crippen LogP contribution in [0.15, 0.2) is 12.7 Å². The van der Waals surface area contributed by atoms with Gasteiger partial charge in [0.25, 0.3) is 5.95 Å². The Labute approximate surface area is 116 Å². The van der Waals surface area contributed by atoms with E-state index in [-0.39, 0.29) is 6.10 Å². The van der Waals surface area contributed by atoms with E-state index < -0.39 is 0 Å². The molecule has 0 radical (unpaired) electrons. The number of hydrogen-bond acceptors (Lipinski definition) is 7. The van der Waals surface area contributed by atoms with Crippen LogP contribution in [0, 0.1) is 0 Å². The minimum Gasteiger partial charge on any atom is -0.460 e. The van der Waals surface area contributed by atoms with Crippen LogP contribution in [0.2, 0.25) is 0 Å². The molecule has 1 fully saturated rings. The van der Waals surface area contributed by atoms with Gasteiger partial charge in [0.15, 0.2) is 0 Å². The molecule has 0 aromatic carbocycles. The van der Waals surface area contributed by atoms with Gasteiger partial charge in [0.2, 0.25) is 5.95 Å². The van der Waals surface area contributed by atoms with Crippen molar-refractivity contribution >= 4 is 5.95 Å². The van der Waals surface area contributed by atoms with E-state index in [0.717, 1.165) is 19.4 Å². The zero-order valence-corrected chi connectivity index (χ0v) is 11.4. The van der Waals surface area contributed by atoms with Crippen LogP contribution in [0.5, 0.6) is 6.01 Å². The SMILES string of the molecule is CCNc1nc(OC2CCCC2)nc(-n2cncn2)n1. The van der Waals surface area contributed by atoms with Crippen molar-refractivity contribution in [1.82, 2.24) is 29.7 Å². The molecule has 1 N–H and O–H groups in total. The molecular weight excluding hydrogens is 258 g/mol. The van der Waals surface area contributed by atoms with Crippen molar-refractivity contribution in [3.05, 3.63) is 12.7 Å². The smallest absolute Gasteiger partial charge is 0.323 e. The van der Waals surface area contributed by atoms with Crippen molar-refractivity contribution in [2.75, 3.05) is 11.9 Å². The topological polar surface area (TPSA) is 90.6 Å². The summed E-state index contributed by atoms with van der Waals surface area (Å²) >= 11 is 0. The molecular formula is C12H17N7O. The van der Waals surface area contributed by atoms with Gasteiger partial charge in [-0.2, -0.15) is 24.7 Å². The number of rotatable bonds is 5. The second-order valence-electron chi connectivity index (χ2n) is 4.64. The second-order valence-corrected chi connectivity index (χ2v) is 4.64. The third kappa shape index (κ3) is 2.84. The van der Waals surface area contributed by atoms with Crippen molar-refractivity contribution in [3.8, 4) is 12.0 Å². The van der Waals surface area contributed by atoms with E-state index in [1.807, 2.05) is 6.92 Å². The van der Waals surface area contributed by atoms with Gasteiger partial charge in [-0.15, -0.1) is 0 Å². The first-order valence-electron chi connectivity index (χ1n) is 6.87. The minimum atomic E-state index is 0.204. The predicted octanol–water partition coefficient (Wildman–Crippen LogP) is 1.21. The van der Waals surface area contributed by atoms with Crippen molar-refractivity contribution < 1.29 is 4.74 Å². The second kappa shape index (κ2) is 5.81. The lowest BCUT2D eigenvalue weighted by Crippen LogP contribution is -2.16. The fourth-order valence-corrected chi connectivity index (χ4v) is 2.20. The van der Waals surface area contributed by atoms with Crippen LogP contribution in [0.1, 0.15) is 32.6 Å². The van der Waals surface area contributed by atoms with Crippen LogP contribution in [-0.4, -0.2) is 42.4 Å². The molecule has 1 aliphatic rings. The molecule has 2 heterocycles. The van der Waals surface area contributed by atoms with Crippen molar-refractivity contribution in [3.63, 3.8) is 0 Å². The standard InChI is InChI=1S/C12H17N7O/c1-2-14-10-16-11(19-8-13-7-15-19)18-12(17-10)20-9-5-3-4-6-9/h7-9H,2-6H2,1H3,(H,14,16,17,18). The summed E-state index contributed by atoms with van der Waals surface area (Å²) in [5.74, 6) is 0.891. The van der Waals surface area contributed by atoms with E-state index in [1.54, 1.807) is 6.33 Å². The van der Waals surface area contributed by atoms with Gasteiger partial charge < -0.3 is 10.1 Å². The van der Waals surface area contributed by atoms with E-state index in [2.05, 4.69) is 30.4 Å². The van der Waals surface area contributed by atoms with Gasteiger partial charge >= 0.3 is 6.01 Å². The van der Waals surface area contributed by atoms with Gasteiger partial charge in [0.1, 0.15) is 18.8 Å². The summed E-state index contributed by atoms with van der Waals surface area (Å²) in [6, 6.07) is 0.341. The average Bonchev–Trinajstić information content (AvgIpc) is 3.11. The molecule has 0 saturated heterocycles.